The molecule has 0 spiro atoms. The fraction of sp³-hybridized carbons (Fsp3) is 0.318. The first-order chi connectivity index (χ1) is 15.8. The summed E-state index contributed by atoms with van der Waals surface area (Å²) >= 11 is 1.34. The summed E-state index contributed by atoms with van der Waals surface area (Å²) in [5.74, 6) is -0.301. The quantitative estimate of drug-likeness (QED) is 0.532. The number of nitrogens with zero attached hydrogens (tertiary/aromatic N) is 3. The highest BCUT2D eigenvalue weighted by Crippen LogP contribution is 2.34. The van der Waals surface area contributed by atoms with Gasteiger partial charge in [0.1, 0.15) is 0 Å². The predicted molar refractivity (Wildman–Crippen MR) is 120 cm³/mol. The van der Waals surface area contributed by atoms with E-state index in [1.807, 2.05) is 29.2 Å². The molecule has 2 amide bonds. The van der Waals surface area contributed by atoms with E-state index in [0.29, 0.717) is 31.3 Å². The van der Waals surface area contributed by atoms with Crippen LogP contribution in [0.1, 0.15) is 5.56 Å². The Balaban J connectivity index is 1.23. The first-order valence-corrected chi connectivity index (χ1v) is 11.3. The lowest BCUT2D eigenvalue weighted by Gasteiger charge is -2.34. The Morgan fingerprint density at radius 2 is 1.73 bits per heavy atom. The lowest BCUT2D eigenvalue weighted by molar-refractivity contribution is -0.137. The number of aromatic nitrogens is 2. The minimum atomic E-state index is -4.55. The molecular weight excluding hydrogens is 455 g/mol. The molecule has 2 heterocycles. The standard InChI is InChI=1S/C22H22F3N5O2S/c23-22(24,25)15-5-1-2-6-16(15)26-19(31)13-29-9-11-30(12-10-29)20(32)14-33-21-27-17-7-3-4-8-18(17)28-21/h1-8H,9-14H2,(H,26,31)(H,27,28). The Hall–Kier alpha value is -3.05. The van der Waals surface area contributed by atoms with Crippen LogP contribution in [0.2, 0.25) is 0 Å². The number of nitrogens with one attached hydrogen (secondary N) is 2. The van der Waals surface area contributed by atoms with Gasteiger partial charge < -0.3 is 15.2 Å². The highest BCUT2D eigenvalue weighted by Gasteiger charge is 2.33. The van der Waals surface area contributed by atoms with Crippen LogP contribution in [0.15, 0.2) is 53.7 Å². The van der Waals surface area contributed by atoms with E-state index in [2.05, 4.69) is 15.3 Å². The number of para-hydroxylation sites is 3. The van der Waals surface area contributed by atoms with Crippen LogP contribution in [-0.4, -0.2) is 70.1 Å². The number of H-pyrrole nitrogens is 1. The number of halogens is 3. The molecule has 0 radical (unpaired) electrons. The van der Waals surface area contributed by atoms with Crippen LogP contribution in [0, 0.1) is 0 Å². The number of carbonyl (C=O) groups excluding carboxylic acids is 2. The molecule has 7 nitrogen and oxygen atoms in total. The molecule has 1 fully saturated rings. The van der Waals surface area contributed by atoms with E-state index in [9.17, 15) is 22.8 Å². The molecule has 0 aliphatic carbocycles. The van der Waals surface area contributed by atoms with Crippen LogP contribution in [0.25, 0.3) is 11.0 Å². The fourth-order valence-electron chi connectivity index (χ4n) is 3.61. The van der Waals surface area contributed by atoms with Crippen LogP contribution >= 0.6 is 11.8 Å². The number of fused-ring (bicyclic) bond motifs is 1. The average Bonchev–Trinajstić information content (AvgIpc) is 3.20. The van der Waals surface area contributed by atoms with Crippen molar-refractivity contribution in [3.05, 3.63) is 54.1 Å². The molecule has 1 saturated heterocycles. The van der Waals surface area contributed by atoms with Crippen molar-refractivity contribution in [2.75, 3.05) is 43.8 Å². The summed E-state index contributed by atoms with van der Waals surface area (Å²) in [4.78, 5) is 36.0. The maximum absolute atomic E-state index is 13.1. The number of imidazole rings is 1. The van der Waals surface area contributed by atoms with Crippen molar-refractivity contribution in [2.24, 2.45) is 0 Å². The molecule has 33 heavy (non-hydrogen) atoms. The van der Waals surface area contributed by atoms with Crippen molar-refractivity contribution in [2.45, 2.75) is 11.3 Å². The van der Waals surface area contributed by atoms with Gasteiger partial charge >= 0.3 is 6.18 Å². The van der Waals surface area contributed by atoms with Gasteiger partial charge in [0, 0.05) is 26.2 Å². The normalized spacial score (nSPS) is 15.1. The maximum atomic E-state index is 13.1. The number of hydrogen-bond acceptors (Lipinski definition) is 5. The smallest absolute Gasteiger partial charge is 0.339 e. The van der Waals surface area contributed by atoms with Crippen molar-refractivity contribution in [1.29, 1.82) is 0 Å². The third kappa shape index (κ3) is 5.85. The summed E-state index contributed by atoms with van der Waals surface area (Å²) in [5, 5.41) is 3.03. The lowest BCUT2D eigenvalue weighted by Crippen LogP contribution is -2.50. The van der Waals surface area contributed by atoms with Crippen molar-refractivity contribution in [3.63, 3.8) is 0 Å². The number of anilines is 1. The Kier molecular flexibility index (Phi) is 6.89. The molecule has 0 saturated carbocycles. The Morgan fingerprint density at radius 3 is 2.45 bits per heavy atom. The number of alkyl halides is 3. The molecule has 174 valence electrons. The van der Waals surface area contributed by atoms with Crippen LogP contribution in [-0.2, 0) is 15.8 Å². The van der Waals surface area contributed by atoms with Crippen LogP contribution in [0.3, 0.4) is 0 Å². The van der Waals surface area contributed by atoms with E-state index < -0.39 is 17.6 Å². The van der Waals surface area contributed by atoms with Gasteiger partial charge in [-0.15, -0.1) is 0 Å². The second-order valence-corrected chi connectivity index (χ2v) is 8.56. The molecule has 0 atom stereocenters. The minimum Gasteiger partial charge on any atom is -0.339 e. The molecule has 0 unspecified atom stereocenters. The van der Waals surface area contributed by atoms with Gasteiger partial charge in [0.2, 0.25) is 11.8 Å². The summed E-state index contributed by atoms with van der Waals surface area (Å²) in [6.07, 6.45) is -4.55. The summed E-state index contributed by atoms with van der Waals surface area (Å²) in [6, 6.07) is 12.5. The number of carbonyl (C=O) groups is 2. The van der Waals surface area contributed by atoms with E-state index in [0.717, 1.165) is 17.1 Å². The molecule has 11 heteroatoms. The first kappa shape index (κ1) is 23.1. The van der Waals surface area contributed by atoms with Crippen molar-refractivity contribution in [1.82, 2.24) is 19.8 Å². The summed E-state index contributed by atoms with van der Waals surface area (Å²) < 4.78 is 39.3. The number of hydrogen-bond donors (Lipinski definition) is 2. The van der Waals surface area contributed by atoms with Gasteiger partial charge in [-0.2, -0.15) is 13.2 Å². The molecule has 0 bridgehead atoms. The number of amides is 2. The number of rotatable bonds is 6. The molecule has 2 N–H and O–H groups in total. The van der Waals surface area contributed by atoms with Crippen molar-refractivity contribution >= 4 is 40.3 Å². The second-order valence-electron chi connectivity index (χ2n) is 7.60. The third-order valence-electron chi connectivity index (χ3n) is 5.30. The molecule has 1 aliphatic heterocycles. The first-order valence-electron chi connectivity index (χ1n) is 10.3. The monoisotopic (exact) mass is 477 g/mol. The SMILES string of the molecule is O=C(CN1CCN(C(=O)CSc2nc3ccccc3[nH]2)CC1)Nc1ccccc1C(F)(F)F. The van der Waals surface area contributed by atoms with Gasteiger partial charge in [-0.05, 0) is 24.3 Å². The number of aromatic amines is 1. The minimum absolute atomic E-state index is 0.0244. The van der Waals surface area contributed by atoms with Crippen LogP contribution in [0.4, 0.5) is 18.9 Å². The Labute approximate surface area is 192 Å². The van der Waals surface area contributed by atoms with E-state index >= 15 is 0 Å². The van der Waals surface area contributed by atoms with Gasteiger partial charge in [0.15, 0.2) is 5.16 Å². The van der Waals surface area contributed by atoms with Crippen molar-refractivity contribution in [3.8, 4) is 0 Å². The van der Waals surface area contributed by atoms with E-state index in [1.165, 1.54) is 30.0 Å². The van der Waals surface area contributed by atoms with E-state index in [4.69, 9.17) is 0 Å². The van der Waals surface area contributed by atoms with Gasteiger partial charge in [-0.3, -0.25) is 14.5 Å². The topological polar surface area (TPSA) is 81.3 Å². The molecule has 1 aliphatic rings. The van der Waals surface area contributed by atoms with Crippen LogP contribution in [0.5, 0.6) is 0 Å². The number of thioether (sulfide) groups is 1. The van der Waals surface area contributed by atoms with Gasteiger partial charge in [0.25, 0.3) is 0 Å². The van der Waals surface area contributed by atoms with Gasteiger partial charge in [-0.25, -0.2) is 4.98 Å². The zero-order valence-corrected chi connectivity index (χ0v) is 18.4. The van der Waals surface area contributed by atoms with Crippen LogP contribution < -0.4 is 5.32 Å². The average molecular weight is 478 g/mol. The summed E-state index contributed by atoms with van der Waals surface area (Å²) in [5.41, 5.74) is 0.622. The van der Waals surface area contributed by atoms with Gasteiger partial charge in [0.05, 0.1) is 34.6 Å². The highest BCUT2D eigenvalue weighted by molar-refractivity contribution is 7.99. The van der Waals surface area contributed by atoms with E-state index in [1.54, 1.807) is 4.90 Å². The van der Waals surface area contributed by atoms with Gasteiger partial charge in [-0.1, -0.05) is 36.0 Å². The molecular formula is C22H22F3N5O2S. The number of piperazine rings is 1. The molecule has 3 aromatic rings. The largest absolute Gasteiger partial charge is 0.418 e. The lowest BCUT2D eigenvalue weighted by atomic mass is 10.1. The van der Waals surface area contributed by atoms with E-state index in [-0.39, 0.29) is 23.9 Å². The molecule has 2 aromatic carbocycles. The second kappa shape index (κ2) is 9.84. The summed E-state index contributed by atoms with van der Waals surface area (Å²) in [6.45, 7) is 1.80. The molecule has 1 aromatic heterocycles. The third-order valence-corrected chi connectivity index (χ3v) is 6.16. The Bertz CT molecular complexity index is 1110. The molecule has 4 rings (SSSR count). The zero-order valence-electron chi connectivity index (χ0n) is 17.6. The van der Waals surface area contributed by atoms with Crippen molar-refractivity contribution < 1.29 is 22.8 Å². The fourth-order valence-corrected chi connectivity index (χ4v) is 4.39. The number of benzene rings is 2. The summed E-state index contributed by atoms with van der Waals surface area (Å²) in [7, 11) is 0. The highest BCUT2D eigenvalue weighted by atomic mass is 32.2. The maximum Gasteiger partial charge on any atom is 0.418 e. The zero-order chi connectivity index (χ0) is 23.4. The predicted octanol–water partition coefficient (Wildman–Crippen LogP) is 3.46. The Morgan fingerprint density at radius 1 is 1.03 bits per heavy atom.